The van der Waals surface area contributed by atoms with Gasteiger partial charge in [-0.1, -0.05) is 25.8 Å². The summed E-state index contributed by atoms with van der Waals surface area (Å²) in [6.45, 7) is 9.12. The molecular formula is C25H26IN3O2. The van der Waals surface area contributed by atoms with Crippen LogP contribution in [0.1, 0.15) is 66.7 Å². The van der Waals surface area contributed by atoms with E-state index in [0.29, 0.717) is 30.5 Å². The summed E-state index contributed by atoms with van der Waals surface area (Å²) in [7, 11) is 0. The Balaban J connectivity index is 1.86. The fourth-order valence-electron chi connectivity index (χ4n) is 3.79. The summed E-state index contributed by atoms with van der Waals surface area (Å²) in [6, 6.07) is 7.98. The molecular weight excluding hydrogens is 501 g/mol. The van der Waals surface area contributed by atoms with Gasteiger partial charge in [0.25, 0.3) is 5.91 Å². The smallest absolute Gasteiger partial charge is 0.308 e. The Bertz CT molecular complexity index is 1130. The van der Waals surface area contributed by atoms with E-state index in [1.54, 1.807) is 9.80 Å². The summed E-state index contributed by atoms with van der Waals surface area (Å²) in [4.78, 5) is 34.1. The van der Waals surface area contributed by atoms with Crippen LogP contribution in [-0.4, -0.2) is 28.2 Å². The van der Waals surface area contributed by atoms with Crippen molar-refractivity contribution in [1.29, 1.82) is 0 Å². The molecule has 2 amide bonds. The zero-order valence-electron chi connectivity index (χ0n) is 18.3. The van der Waals surface area contributed by atoms with Crippen molar-refractivity contribution in [2.75, 3.05) is 11.4 Å². The van der Waals surface area contributed by atoms with Crippen LogP contribution in [0.4, 0.5) is 11.5 Å². The monoisotopic (exact) mass is 527 g/mol. The third-order valence-electron chi connectivity index (χ3n) is 5.66. The van der Waals surface area contributed by atoms with Crippen LogP contribution in [0.5, 0.6) is 0 Å². The molecule has 160 valence electrons. The van der Waals surface area contributed by atoms with Gasteiger partial charge in [0.1, 0.15) is 11.5 Å². The molecule has 1 saturated carbocycles. The Labute approximate surface area is 197 Å². The lowest BCUT2D eigenvalue weighted by atomic mass is 10.0. The largest absolute Gasteiger partial charge is 0.333 e. The molecule has 2 heterocycles. The molecule has 2 aliphatic rings. The number of carbonyl (C=O) groups excluding carboxylic acids is 2. The average Bonchev–Trinajstić information content (AvgIpc) is 3.53. The number of aryl methyl sites for hydroxylation is 1. The van der Waals surface area contributed by atoms with Crippen molar-refractivity contribution in [2.24, 2.45) is 5.92 Å². The maximum absolute atomic E-state index is 13.4. The van der Waals surface area contributed by atoms with E-state index in [2.05, 4.69) is 51.5 Å². The van der Waals surface area contributed by atoms with E-state index in [1.807, 2.05) is 39.8 Å². The molecule has 1 fully saturated rings. The predicted octanol–water partition coefficient (Wildman–Crippen LogP) is 5.17. The van der Waals surface area contributed by atoms with Crippen molar-refractivity contribution in [3.05, 3.63) is 50.2 Å². The first-order chi connectivity index (χ1) is 14.8. The first-order valence-electron chi connectivity index (χ1n) is 10.7. The number of hydrogen-bond donors (Lipinski definition) is 0. The van der Waals surface area contributed by atoms with Crippen molar-refractivity contribution in [2.45, 2.75) is 53.0 Å². The van der Waals surface area contributed by atoms with Crippen molar-refractivity contribution >= 4 is 45.9 Å². The molecule has 0 saturated heterocycles. The lowest BCUT2D eigenvalue weighted by Crippen LogP contribution is -2.27. The van der Waals surface area contributed by atoms with Crippen LogP contribution in [0.3, 0.4) is 0 Å². The minimum atomic E-state index is -0.318. The molecule has 1 aromatic heterocycles. The molecule has 4 rings (SSSR count). The van der Waals surface area contributed by atoms with Gasteiger partial charge in [-0.3, -0.25) is 14.5 Å². The van der Waals surface area contributed by atoms with E-state index >= 15 is 0 Å². The number of rotatable bonds is 4. The number of halogens is 1. The van der Waals surface area contributed by atoms with E-state index in [4.69, 9.17) is 0 Å². The summed E-state index contributed by atoms with van der Waals surface area (Å²) in [5.41, 5.74) is 4.41. The van der Waals surface area contributed by atoms with Gasteiger partial charge in [-0.25, -0.2) is 4.98 Å². The molecule has 0 N–H and O–H groups in total. The molecule has 0 bridgehead atoms. The Kier molecular flexibility index (Phi) is 6.07. The quantitative estimate of drug-likeness (QED) is 0.407. The fraction of sp³-hybridized carbons (Fsp3) is 0.400. The molecule has 1 aromatic carbocycles. The number of amides is 2. The second-order valence-corrected chi connectivity index (χ2v) is 9.66. The fourth-order valence-corrected chi connectivity index (χ4v) is 4.28. The van der Waals surface area contributed by atoms with Crippen LogP contribution >= 0.6 is 22.6 Å². The number of aromatic nitrogens is 1. The van der Waals surface area contributed by atoms with Crippen molar-refractivity contribution < 1.29 is 9.59 Å². The maximum Gasteiger partial charge on any atom is 0.308 e. The second kappa shape index (κ2) is 8.62. The number of anilines is 2. The summed E-state index contributed by atoms with van der Waals surface area (Å²) in [6.07, 6.45) is 2.24. The van der Waals surface area contributed by atoms with Gasteiger partial charge in [0, 0.05) is 28.1 Å². The van der Waals surface area contributed by atoms with Gasteiger partial charge in [0.15, 0.2) is 0 Å². The van der Waals surface area contributed by atoms with Crippen LogP contribution in [0.15, 0.2) is 24.3 Å². The minimum absolute atomic E-state index is 0.0822. The van der Waals surface area contributed by atoms with Gasteiger partial charge in [0.05, 0.1) is 5.69 Å². The summed E-state index contributed by atoms with van der Waals surface area (Å²) < 4.78 is 1.18. The van der Waals surface area contributed by atoms with Gasteiger partial charge in [-0.15, -0.1) is 0 Å². The molecule has 1 aliphatic carbocycles. The first kappa shape index (κ1) is 21.8. The third kappa shape index (κ3) is 4.33. The Hall–Kier alpha value is -2.40. The molecule has 0 spiro atoms. The first-order valence-corrected chi connectivity index (χ1v) is 11.8. The highest BCUT2D eigenvalue weighted by Crippen LogP contribution is 2.46. The van der Waals surface area contributed by atoms with Gasteiger partial charge in [-0.05, 0) is 90.4 Å². The van der Waals surface area contributed by atoms with Gasteiger partial charge in [0.2, 0.25) is 0 Å². The molecule has 1 aliphatic heterocycles. The normalized spacial score (nSPS) is 15.0. The third-order valence-corrected chi connectivity index (χ3v) is 6.82. The van der Waals surface area contributed by atoms with Crippen LogP contribution in [0.25, 0.3) is 0 Å². The van der Waals surface area contributed by atoms with E-state index in [-0.39, 0.29) is 17.7 Å². The zero-order valence-corrected chi connectivity index (χ0v) is 20.5. The summed E-state index contributed by atoms with van der Waals surface area (Å²) >= 11 is 2.34. The standard InChI is InChI=1S/C25H26IN3O2/c1-5-28-14-18-9-10-22(27-24(18)25(28)31)29(23(30)11-6-15(2)3)21-12-16(4)20(26)13-19(21)17-7-8-17/h9-10,12-13,15,17H,5,7-8,14H2,1-4H3. The average molecular weight is 527 g/mol. The molecule has 31 heavy (non-hydrogen) atoms. The number of benzene rings is 1. The number of hydrogen-bond acceptors (Lipinski definition) is 3. The van der Waals surface area contributed by atoms with E-state index in [1.165, 1.54) is 3.57 Å². The lowest BCUT2D eigenvalue weighted by molar-refractivity contribution is -0.112. The van der Waals surface area contributed by atoms with Gasteiger partial charge >= 0.3 is 5.91 Å². The van der Waals surface area contributed by atoms with Gasteiger partial charge in [-0.2, -0.15) is 0 Å². The van der Waals surface area contributed by atoms with Crippen LogP contribution in [0.2, 0.25) is 0 Å². The minimum Gasteiger partial charge on any atom is -0.333 e. The van der Waals surface area contributed by atoms with E-state index < -0.39 is 0 Å². The molecule has 6 heteroatoms. The van der Waals surface area contributed by atoms with Crippen molar-refractivity contribution in [3.63, 3.8) is 0 Å². The van der Waals surface area contributed by atoms with Crippen molar-refractivity contribution in [1.82, 2.24) is 9.88 Å². The van der Waals surface area contributed by atoms with E-state index in [9.17, 15) is 9.59 Å². The summed E-state index contributed by atoms with van der Waals surface area (Å²) in [5, 5.41) is 0. The zero-order chi connectivity index (χ0) is 22.3. The highest BCUT2D eigenvalue weighted by atomic mass is 127. The Morgan fingerprint density at radius 3 is 2.71 bits per heavy atom. The van der Waals surface area contributed by atoms with E-state index in [0.717, 1.165) is 35.2 Å². The highest BCUT2D eigenvalue weighted by molar-refractivity contribution is 14.1. The van der Waals surface area contributed by atoms with Crippen LogP contribution in [0, 0.1) is 28.3 Å². The lowest BCUT2D eigenvalue weighted by Gasteiger charge is -2.24. The number of nitrogens with zero attached hydrogens (tertiary/aromatic N) is 3. The number of carbonyl (C=O) groups is 2. The highest BCUT2D eigenvalue weighted by Gasteiger charge is 2.33. The molecule has 0 atom stereocenters. The number of fused-ring (bicyclic) bond motifs is 1. The molecule has 2 aromatic rings. The maximum atomic E-state index is 13.4. The molecule has 0 radical (unpaired) electrons. The Morgan fingerprint density at radius 1 is 1.32 bits per heavy atom. The van der Waals surface area contributed by atoms with Crippen LogP contribution < -0.4 is 4.90 Å². The number of pyridine rings is 1. The Morgan fingerprint density at radius 2 is 2.06 bits per heavy atom. The molecule has 5 nitrogen and oxygen atoms in total. The molecule has 0 unspecified atom stereocenters. The van der Waals surface area contributed by atoms with Crippen molar-refractivity contribution in [3.8, 4) is 11.8 Å². The topological polar surface area (TPSA) is 53.5 Å². The predicted molar refractivity (Wildman–Crippen MR) is 130 cm³/mol. The SMILES string of the molecule is CCN1Cc2ccc(N(C(=O)C#CC(C)C)c3cc(C)c(I)cc3C3CC3)nc2C1=O. The second-order valence-electron chi connectivity index (χ2n) is 8.50. The van der Waals surface area contributed by atoms with Crippen LogP contribution in [-0.2, 0) is 11.3 Å². The summed E-state index contributed by atoms with van der Waals surface area (Å²) in [5.74, 6) is 6.37. The van der Waals surface area contributed by atoms with Gasteiger partial charge < -0.3 is 4.90 Å².